The highest BCUT2D eigenvalue weighted by molar-refractivity contribution is 5.92. The minimum atomic E-state index is -1.38. The van der Waals surface area contributed by atoms with Crippen molar-refractivity contribution >= 4 is 34.6 Å². The van der Waals surface area contributed by atoms with Crippen LogP contribution in [-0.2, 0) is 20.8 Å². The Balaban J connectivity index is 2.02. The van der Waals surface area contributed by atoms with E-state index < -0.39 is 42.0 Å². The first kappa shape index (κ1) is 25.6. The van der Waals surface area contributed by atoms with Gasteiger partial charge in [0.1, 0.15) is 12.1 Å². The number of aliphatic hydroxyl groups is 1. The highest BCUT2D eigenvalue weighted by Crippen LogP contribution is 2.19. The quantitative estimate of drug-likeness (QED) is 0.105. The van der Waals surface area contributed by atoms with Gasteiger partial charge in [-0.15, -0.1) is 0 Å². The third kappa shape index (κ3) is 7.47. The number of aromatic amines is 1. The lowest BCUT2D eigenvalue weighted by Crippen LogP contribution is -2.58. The number of hydrogen-bond acceptors (Lipinski definition) is 6. The zero-order valence-corrected chi connectivity index (χ0v) is 18.3. The number of carbonyl (C=O) groups is 3. The molecule has 12 nitrogen and oxygen atoms in total. The number of carboxylic acids is 1. The normalized spacial score (nSPS) is 14.6. The van der Waals surface area contributed by atoms with Gasteiger partial charge >= 0.3 is 5.97 Å². The molecule has 0 saturated carbocycles. The van der Waals surface area contributed by atoms with Gasteiger partial charge in [0.05, 0.1) is 12.1 Å². The molecule has 11 N–H and O–H groups in total. The number of para-hydroxylation sites is 1. The number of fused-ring (bicyclic) bond motifs is 1. The van der Waals surface area contributed by atoms with Crippen LogP contribution in [0.25, 0.3) is 10.9 Å². The van der Waals surface area contributed by atoms with Crippen LogP contribution < -0.4 is 27.8 Å². The third-order valence-corrected chi connectivity index (χ3v) is 5.08. The summed E-state index contributed by atoms with van der Waals surface area (Å²) in [6.45, 7) is 1.60. The molecule has 12 heteroatoms. The third-order valence-electron chi connectivity index (χ3n) is 5.08. The van der Waals surface area contributed by atoms with Crippen molar-refractivity contribution in [2.45, 2.75) is 50.4 Å². The molecule has 4 unspecified atom stereocenters. The van der Waals surface area contributed by atoms with Gasteiger partial charge in [-0.3, -0.25) is 14.6 Å². The molecule has 0 aliphatic rings. The molecule has 33 heavy (non-hydrogen) atoms. The summed E-state index contributed by atoms with van der Waals surface area (Å²) in [5.41, 5.74) is 17.9. The second-order valence-corrected chi connectivity index (χ2v) is 7.75. The Labute approximate surface area is 190 Å². The van der Waals surface area contributed by atoms with Crippen LogP contribution in [0.2, 0.25) is 0 Å². The number of benzene rings is 1. The zero-order chi connectivity index (χ0) is 24.5. The zero-order valence-electron chi connectivity index (χ0n) is 18.3. The maximum absolute atomic E-state index is 12.7. The summed E-state index contributed by atoms with van der Waals surface area (Å²) in [4.78, 5) is 43.8. The fourth-order valence-electron chi connectivity index (χ4n) is 3.30. The molecule has 0 bridgehead atoms. The number of nitrogens with two attached hydrogens (primary N) is 3. The fraction of sp³-hybridized carbons (Fsp3) is 0.429. The van der Waals surface area contributed by atoms with Gasteiger partial charge in [-0.25, -0.2) is 4.79 Å². The molecule has 2 rings (SSSR count). The van der Waals surface area contributed by atoms with Gasteiger partial charge in [0.25, 0.3) is 0 Å². The number of nitrogens with zero attached hydrogens (tertiary/aromatic N) is 1. The Morgan fingerprint density at radius 1 is 1.15 bits per heavy atom. The van der Waals surface area contributed by atoms with Crippen molar-refractivity contribution in [1.82, 2.24) is 15.6 Å². The van der Waals surface area contributed by atoms with Crippen LogP contribution in [0.3, 0.4) is 0 Å². The van der Waals surface area contributed by atoms with E-state index in [0.717, 1.165) is 10.9 Å². The van der Waals surface area contributed by atoms with Gasteiger partial charge in [-0.2, -0.15) is 0 Å². The molecule has 180 valence electrons. The van der Waals surface area contributed by atoms with Gasteiger partial charge < -0.3 is 43.0 Å². The summed E-state index contributed by atoms with van der Waals surface area (Å²) in [6.07, 6.45) is 1.09. The fourth-order valence-corrected chi connectivity index (χ4v) is 3.30. The van der Waals surface area contributed by atoms with Crippen LogP contribution in [0, 0.1) is 0 Å². The maximum atomic E-state index is 12.7. The van der Waals surface area contributed by atoms with E-state index in [9.17, 15) is 24.6 Å². The number of carbonyl (C=O) groups excluding carboxylic acids is 2. The second kappa shape index (κ2) is 11.8. The maximum Gasteiger partial charge on any atom is 0.326 e. The number of guanidine groups is 1. The molecule has 0 saturated heterocycles. The molecule has 4 atom stereocenters. The molecule has 0 aliphatic carbocycles. The molecule has 0 aliphatic heterocycles. The molecule has 1 aromatic heterocycles. The lowest BCUT2D eigenvalue weighted by molar-refractivity contribution is -0.142. The van der Waals surface area contributed by atoms with Gasteiger partial charge in [-0.1, -0.05) is 18.2 Å². The van der Waals surface area contributed by atoms with Crippen molar-refractivity contribution in [3.63, 3.8) is 0 Å². The number of aromatic nitrogens is 1. The number of aliphatic carboxylic acids is 1. The molecule has 0 spiro atoms. The topological polar surface area (TPSA) is 222 Å². The summed E-state index contributed by atoms with van der Waals surface area (Å²) in [7, 11) is 0. The Bertz CT molecular complexity index is 1000. The first-order valence-corrected chi connectivity index (χ1v) is 10.5. The SMILES string of the molecule is CC(O)C(NC(=O)C(N)CCCN=C(N)N)C(=O)NC(Cc1c[nH]c2ccccc12)C(=O)O. The summed E-state index contributed by atoms with van der Waals surface area (Å²) in [6, 6.07) is 3.75. The molecule has 2 aromatic rings. The summed E-state index contributed by atoms with van der Waals surface area (Å²) in [5.74, 6) is -2.82. The summed E-state index contributed by atoms with van der Waals surface area (Å²) < 4.78 is 0. The molecule has 1 heterocycles. The van der Waals surface area contributed by atoms with E-state index in [1.165, 1.54) is 6.92 Å². The van der Waals surface area contributed by atoms with Crippen LogP contribution in [0.1, 0.15) is 25.3 Å². The van der Waals surface area contributed by atoms with Crippen LogP contribution in [0.4, 0.5) is 0 Å². The number of hydrogen-bond donors (Lipinski definition) is 8. The van der Waals surface area contributed by atoms with E-state index in [1.807, 2.05) is 24.3 Å². The highest BCUT2D eigenvalue weighted by Gasteiger charge is 2.31. The first-order chi connectivity index (χ1) is 15.6. The predicted molar refractivity (Wildman–Crippen MR) is 123 cm³/mol. The summed E-state index contributed by atoms with van der Waals surface area (Å²) in [5, 5.41) is 25.3. The average Bonchev–Trinajstić information content (AvgIpc) is 3.16. The minimum absolute atomic E-state index is 0.00979. The number of aliphatic hydroxyl groups excluding tert-OH is 1. The van der Waals surface area contributed by atoms with Crippen LogP contribution in [0.15, 0.2) is 35.5 Å². The first-order valence-electron chi connectivity index (χ1n) is 10.5. The Morgan fingerprint density at radius 3 is 2.48 bits per heavy atom. The van der Waals surface area contributed by atoms with E-state index >= 15 is 0 Å². The largest absolute Gasteiger partial charge is 0.480 e. The van der Waals surface area contributed by atoms with Gasteiger partial charge in [-0.05, 0) is 31.4 Å². The Hall–Kier alpha value is -3.64. The van der Waals surface area contributed by atoms with E-state index in [0.29, 0.717) is 12.0 Å². The molecule has 0 fully saturated rings. The van der Waals surface area contributed by atoms with Gasteiger partial charge in [0.2, 0.25) is 11.8 Å². The smallest absolute Gasteiger partial charge is 0.326 e. The van der Waals surface area contributed by atoms with Crippen LogP contribution >= 0.6 is 0 Å². The molecular weight excluding hydrogens is 430 g/mol. The predicted octanol–water partition coefficient (Wildman–Crippen LogP) is -1.47. The number of nitrogens with one attached hydrogen (secondary N) is 3. The standard InChI is InChI=1S/C21H31N7O5/c1-11(29)17(28-18(30)14(22)6-4-8-25-21(23)24)19(31)27-16(20(32)33)9-12-10-26-15-7-3-2-5-13(12)15/h2-3,5,7,10-11,14,16-17,26,29H,4,6,8-9,22H2,1H3,(H,27,31)(H,28,30)(H,32,33)(H4,23,24,25). The van der Waals surface area contributed by atoms with Gasteiger partial charge in [0, 0.05) is 30.1 Å². The van der Waals surface area contributed by atoms with E-state index in [-0.39, 0.29) is 25.3 Å². The second-order valence-electron chi connectivity index (χ2n) is 7.75. The number of rotatable bonds is 12. The van der Waals surface area contributed by atoms with Crippen molar-refractivity contribution in [3.8, 4) is 0 Å². The number of H-pyrrole nitrogens is 1. The molecule has 2 amide bonds. The van der Waals surface area contributed by atoms with Crippen LogP contribution in [-0.4, -0.2) is 69.7 Å². The van der Waals surface area contributed by atoms with E-state index in [2.05, 4.69) is 20.6 Å². The van der Waals surface area contributed by atoms with E-state index in [1.54, 1.807) is 6.20 Å². The number of carboxylic acid groups (broad SMARTS) is 1. The van der Waals surface area contributed by atoms with Crippen molar-refractivity contribution in [1.29, 1.82) is 0 Å². The van der Waals surface area contributed by atoms with Crippen molar-refractivity contribution < 1.29 is 24.6 Å². The van der Waals surface area contributed by atoms with Gasteiger partial charge in [0.15, 0.2) is 5.96 Å². The summed E-state index contributed by atoms with van der Waals surface area (Å²) >= 11 is 0. The average molecular weight is 462 g/mol. The Kier molecular flexibility index (Phi) is 9.18. The lowest BCUT2D eigenvalue weighted by Gasteiger charge is -2.24. The number of aliphatic imine (C=N–C) groups is 1. The molecule has 1 aromatic carbocycles. The van der Waals surface area contributed by atoms with Crippen molar-refractivity contribution in [3.05, 3.63) is 36.0 Å². The van der Waals surface area contributed by atoms with E-state index in [4.69, 9.17) is 17.2 Å². The monoisotopic (exact) mass is 461 g/mol. The molecule has 0 radical (unpaired) electrons. The van der Waals surface area contributed by atoms with Crippen LogP contribution in [0.5, 0.6) is 0 Å². The Morgan fingerprint density at radius 2 is 1.85 bits per heavy atom. The number of amides is 2. The minimum Gasteiger partial charge on any atom is -0.480 e. The lowest BCUT2D eigenvalue weighted by atomic mass is 10.0. The van der Waals surface area contributed by atoms with Crippen molar-refractivity contribution in [2.24, 2.45) is 22.2 Å². The highest BCUT2D eigenvalue weighted by atomic mass is 16.4. The molecular formula is C21H31N7O5. The van der Waals surface area contributed by atoms with Crippen molar-refractivity contribution in [2.75, 3.05) is 6.54 Å².